The van der Waals surface area contributed by atoms with Crippen molar-refractivity contribution < 1.29 is 9.53 Å². The van der Waals surface area contributed by atoms with Crippen LogP contribution >= 0.6 is 0 Å². The smallest absolute Gasteiger partial charge is 0.240 e. The van der Waals surface area contributed by atoms with E-state index in [0.29, 0.717) is 30.4 Å². The summed E-state index contributed by atoms with van der Waals surface area (Å²) in [4.78, 5) is 16.1. The Morgan fingerprint density at radius 2 is 2.25 bits per heavy atom. The molecule has 1 aromatic heterocycles. The molecule has 2 rings (SSSR count). The van der Waals surface area contributed by atoms with Gasteiger partial charge in [-0.2, -0.15) is 0 Å². The summed E-state index contributed by atoms with van der Waals surface area (Å²) in [5.74, 6) is 0.933. The van der Waals surface area contributed by atoms with Gasteiger partial charge < -0.3 is 20.4 Å². The van der Waals surface area contributed by atoms with Crippen LogP contribution in [0.15, 0.2) is 18.2 Å². The third-order valence-electron chi connectivity index (χ3n) is 2.95. The maximum absolute atomic E-state index is 11.8. The third kappa shape index (κ3) is 2.84. The highest BCUT2D eigenvalue weighted by molar-refractivity contribution is 5.86. The average Bonchev–Trinajstić information content (AvgIpc) is 2.75. The first-order valence-electron chi connectivity index (χ1n) is 6.81. The molecule has 1 heterocycles. The minimum Gasteiger partial charge on any atom is -0.492 e. The van der Waals surface area contributed by atoms with Crippen LogP contribution < -0.4 is 15.8 Å². The van der Waals surface area contributed by atoms with Gasteiger partial charge in [0.05, 0.1) is 12.1 Å². The first-order valence-corrected chi connectivity index (χ1v) is 6.81. The van der Waals surface area contributed by atoms with Crippen LogP contribution in [-0.4, -0.2) is 28.6 Å². The Balaban J connectivity index is 2.31. The number of carbonyl (C=O) groups excluding carboxylic acids is 1. The normalized spacial score (nSPS) is 10.7. The van der Waals surface area contributed by atoms with Gasteiger partial charge in [-0.1, -0.05) is 13.0 Å². The van der Waals surface area contributed by atoms with E-state index in [4.69, 9.17) is 10.5 Å². The average molecular weight is 276 g/mol. The second-order valence-electron chi connectivity index (χ2n) is 4.46. The Morgan fingerprint density at radius 1 is 1.45 bits per heavy atom. The summed E-state index contributed by atoms with van der Waals surface area (Å²) >= 11 is 0. The maximum Gasteiger partial charge on any atom is 0.240 e. The highest BCUT2D eigenvalue weighted by atomic mass is 16.5. The fourth-order valence-corrected chi connectivity index (χ4v) is 2.04. The largest absolute Gasteiger partial charge is 0.492 e. The summed E-state index contributed by atoms with van der Waals surface area (Å²) in [6, 6.07) is 5.60. The fourth-order valence-electron chi connectivity index (χ4n) is 2.04. The van der Waals surface area contributed by atoms with Crippen molar-refractivity contribution in [1.82, 2.24) is 14.9 Å². The minimum absolute atomic E-state index is 0.0698. The molecule has 1 amide bonds. The second kappa shape index (κ2) is 6.27. The standard InChI is InChI=1S/C14H20N4O2/c1-3-8-16-12(19)9-18-10-6-5-7-11(20-4-2)13(10)17-14(18)15/h5-7H,3-4,8-9H2,1-2H3,(H2,15,17)(H,16,19). The molecule has 2 aromatic rings. The van der Waals surface area contributed by atoms with E-state index in [9.17, 15) is 4.79 Å². The molecule has 108 valence electrons. The highest BCUT2D eigenvalue weighted by Gasteiger charge is 2.14. The van der Waals surface area contributed by atoms with E-state index in [-0.39, 0.29) is 12.5 Å². The Bertz CT molecular complexity index is 606. The monoisotopic (exact) mass is 276 g/mol. The predicted octanol–water partition coefficient (Wildman–Crippen LogP) is 1.54. The summed E-state index contributed by atoms with van der Waals surface area (Å²) in [5, 5.41) is 2.83. The number of nitrogens with two attached hydrogens (primary N) is 1. The molecule has 0 saturated carbocycles. The molecule has 20 heavy (non-hydrogen) atoms. The number of benzene rings is 1. The van der Waals surface area contributed by atoms with Gasteiger partial charge in [0, 0.05) is 6.54 Å². The van der Waals surface area contributed by atoms with Crippen LogP contribution in [0.2, 0.25) is 0 Å². The molecule has 0 atom stereocenters. The van der Waals surface area contributed by atoms with Crippen molar-refractivity contribution in [3.63, 3.8) is 0 Å². The molecule has 0 aliphatic rings. The molecular weight excluding hydrogens is 256 g/mol. The molecule has 1 aromatic carbocycles. The van der Waals surface area contributed by atoms with Gasteiger partial charge in [0.2, 0.25) is 11.9 Å². The molecule has 3 N–H and O–H groups in total. The van der Waals surface area contributed by atoms with Crippen molar-refractivity contribution in [3.8, 4) is 5.75 Å². The van der Waals surface area contributed by atoms with Crippen LogP contribution in [0.3, 0.4) is 0 Å². The molecule has 0 unspecified atom stereocenters. The zero-order valence-corrected chi connectivity index (χ0v) is 11.8. The lowest BCUT2D eigenvalue weighted by Crippen LogP contribution is -2.28. The number of imidazole rings is 1. The van der Waals surface area contributed by atoms with Gasteiger partial charge in [-0.05, 0) is 25.5 Å². The predicted molar refractivity (Wildman–Crippen MR) is 78.6 cm³/mol. The summed E-state index contributed by atoms with van der Waals surface area (Å²) in [6.45, 7) is 5.31. The lowest BCUT2D eigenvalue weighted by molar-refractivity contribution is -0.121. The second-order valence-corrected chi connectivity index (χ2v) is 4.46. The number of ether oxygens (including phenoxy) is 1. The number of hydrogen-bond acceptors (Lipinski definition) is 4. The van der Waals surface area contributed by atoms with Gasteiger partial charge in [0.25, 0.3) is 0 Å². The summed E-state index contributed by atoms with van der Waals surface area (Å²) < 4.78 is 7.22. The molecule has 0 spiro atoms. The number of amides is 1. The van der Waals surface area contributed by atoms with Crippen molar-refractivity contribution in [2.45, 2.75) is 26.8 Å². The number of carbonyl (C=O) groups is 1. The van der Waals surface area contributed by atoms with Gasteiger partial charge >= 0.3 is 0 Å². The van der Waals surface area contributed by atoms with Crippen molar-refractivity contribution in [2.24, 2.45) is 0 Å². The van der Waals surface area contributed by atoms with Crippen LogP contribution in [0.5, 0.6) is 5.75 Å². The SMILES string of the molecule is CCCNC(=O)Cn1c(N)nc2c(OCC)cccc21. The molecule has 0 fully saturated rings. The zero-order valence-electron chi connectivity index (χ0n) is 11.8. The minimum atomic E-state index is -0.0698. The molecule has 0 saturated heterocycles. The number of rotatable bonds is 6. The van der Waals surface area contributed by atoms with Gasteiger partial charge in [-0.25, -0.2) is 4.98 Å². The molecule has 0 aliphatic carbocycles. The van der Waals surface area contributed by atoms with E-state index in [0.717, 1.165) is 11.9 Å². The number of nitrogens with one attached hydrogen (secondary N) is 1. The molecule has 6 nitrogen and oxygen atoms in total. The van der Waals surface area contributed by atoms with E-state index in [2.05, 4.69) is 10.3 Å². The lowest BCUT2D eigenvalue weighted by atomic mass is 10.3. The molecule has 6 heteroatoms. The number of fused-ring (bicyclic) bond motifs is 1. The Labute approximate surface area is 117 Å². The highest BCUT2D eigenvalue weighted by Crippen LogP contribution is 2.26. The van der Waals surface area contributed by atoms with E-state index in [1.165, 1.54) is 0 Å². The van der Waals surface area contributed by atoms with Crippen LogP contribution in [0, 0.1) is 0 Å². The molecule has 0 bridgehead atoms. The summed E-state index contributed by atoms with van der Waals surface area (Å²) in [6.07, 6.45) is 0.903. The topological polar surface area (TPSA) is 82.2 Å². The van der Waals surface area contributed by atoms with Crippen LogP contribution in [-0.2, 0) is 11.3 Å². The van der Waals surface area contributed by atoms with Crippen LogP contribution in [0.4, 0.5) is 5.95 Å². The van der Waals surface area contributed by atoms with E-state index >= 15 is 0 Å². The van der Waals surface area contributed by atoms with Crippen LogP contribution in [0.1, 0.15) is 20.3 Å². The van der Waals surface area contributed by atoms with Gasteiger partial charge in [-0.15, -0.1) is 0 Å². The molecular formula is C14H20N4O2. The number of anilines is 1. The quantitative estimate of drug-likeness (QED) is 0.838. The number of hydrogen-bond donors (Lipinski definition) is 2. The van der Waals surface area contributed by atoms with Gasteiger partial charge in [0.15, 0.2) is 0 Å². The maximum atomic E-state index is 11.8. The van der Waals surface area contributed by atoms with Crippen molar-refractivity contribution >= 4 is 22.9 Å². The Hall–Kier alpha value is -2.24. The zero-order chi connectivity index (χ0) is 14.5. The van der Waals surface area contributed by atoms with E-state index in [1.807, 2.05) is 32.0 Å². The number of nitrogen functional groups attached to an aromatic ring is 1. The summed E-state index contributed by atoms with van der Waals surface area (Å²) in [5.41, 5.74) is 7.41. The lowest BCUT2D eigenvalue weighted by Gasteiger charge is -2.07. The fraction of sp³-hybridized carbons (Fsp3) is 0.429. The first kappa shape index (κ1) is 14.2. The van der Waals surface area contributed by atoms with Gasteiger partial charge in [-0.3, -0.25) is 4.79 Å². The number of para-hydroxylation sites is 1. The van der Waals surface area contributed by atoms with Crippen molar-refractivity contribution in [1.29, 1.82) is 0 Å². The first-order chi connectivity index (χ1) is 9.67. The number of aromatic nitrogens is 2. The number of nitrogens with zero attached hydrogens (tertiary/aromatic N) is 2. The Kier molecular flexibility index (Phi) is 4.45. The van der Waals surface area contributed by atoms with Gasteiger partial charge in [0.1, 0.15) is 17.8 Å². The van der Waals surface area contributed by atoms with E-state index in [1.54, 1.807) is 4.57 Å². The van der Waals surface area contributed by atoms with E-state index < -0.39 is 0 Å². The third-order valence-corrected chi connectivity index (χ3v) is 2.95. The van der Waals surface area contributed by atoms with Crippen molar-refractivity contribution in [3.05, 3.63) is 18.2 Å². The van der Waals surface area contributed by atoms with Crippen molar-refractivity contribution in [2.75, 3.05) is 18.9 Å². The van der Waals surface area contributed by atoms with Crippen LogP contribution in [0.25, 0.3) is 11.0 Å². The molecule has 0 aliphatic heterocycles. The summed E-state index contributed by atoms with van der Waals surface area (Å²) in [7, 11) is 0. The Morgan fingerprint density at radius 3 is 2.95 bits per heavy atom. The molecule has 0 radical (unpaired) electrons.